The van der Waals surface area contributed by atoms with Crippen LogP contribution in [0.15, 0.2) is 18.2 Å². The number of piperidine rings is 1. The molecule has 2 aliphatic heterocycles. The van der Waals surface area contributed by atoms with Crippen LogP contribution >= 0.6 is 34.2 Å². The third-order valence-electron chi connectivity index (χ3n) is 4.12. The predicted octanol–water partition coefficient (Wildman–Crippen LogP) is 3.06. The van der Waals surface area contributed by atoms with Crippen molar-refractivity contribution in [3.05, 3.63) is 26.8 Å². The standard InChI is InChI=1S/C15H16ClIN2O2/c16-11-9-10(17)4-5-12(11)19-8-6-14(20)18-7-2-1-3-13(18)15(19)21/h4-5,9,13H,1-3,6-8H2. The number of hydrogen-bond donors (Lipinski definition) is 0. The molecule has 2 aliphatic rings. The van der Waals surface area contributed by atoms with E-state index in [1.165, 1.54) is 0 Å². The molecule has 0 N–H and O–H groups in total. The van der Waals surface area contributed by atoms with E-state index >= 15 is 0 Å². The number of fused-ring (bicyclic) bond motifs is 1. The fraction of sp³-hybridized carbons (Fsp3) is 0.467. The summed E-state index contributed by atoms with van der Waals surface area (Å²) in [4.78, 5) is 28.5. The molecule has 4 nitrogen and oxygen atoms in total. The highest BCUT2D eigenvalue weighted by molar-refractivity contribution is 14.1. The number of amides is 2. The Morgan fingerprint density at radius 1 is 1.19 bits per heavy atom. The van der Waals surface area contributed by atoms with E-state index in [1.54, 1.807) is 9.80 Å². The zero-order valence-electron chi connectivity index (χ0n) is 11.5. The first-order valence-electron chi connectivity index (χ1n) is 7.14. The van der Waals surface area contributed by atoms with Gasteiger partial charge in [0, 0.05) is 23.1 Å². The van der Waals surface area contributed by atoms with E-state index in [1.807, 2.05) is 18.2 Å². The number of halogens is 2. The van der Waals surface area contributed by atoms with Crippen molar-refractivity contribution < 1.29 is 9.59 Å². The van der Waals surface area contributed by atoms with E-state index in [4.69, 9.17) is 11.6 Å². The number of benzene rings is 1. The average molecular weight is 419 g/mol. The first-order chi connectivity index (χ1) is 10.1. The maximum Gasteiger partial charge on any atom is 0.249 e. The Morgan fingerprint density at radius 2 is 2.00 bits per heavy atom. The molecule has 2 saturated heterocycles. The van der Waals surface area contributed by atoms with Gasteiger partial charge in [0.05, 0.1) is 10.7 Å². The first-order valence-corrected chi connectivity index (χ1v) is 8.59. The molecule has 0 radical (unpaired) electrons. The number of anilines is 1. The molecule has 0 saturated carbocycles. The highest BCUT2D eigenvalue weighted by Gasteiger charge is 2.38. The minimum Gasteiger partial charge on any atom is -0.331 e. The predicted molar refractivity (Wildman–Crippen MR) is 90.5 cm³/mol. The Bertz CT molecular complexity index is 593. The molecule has 21 heavy (non-hydrogen) atoms. The molecule has 2 heterocycles. The Hall–Kier alpha value is -0.820. The van der Waals surface area contributed by atoms with Crippen LogP contribution in [0.5, 0.6) is 0 Å². The van der Waals surface area contributed by atoms with Crippen LogP contribution in [0, 0.1) is 3.57 Å². The van der Waals surface area contributed by atoms with Crippen molar-refractivity contribution >= 4 is 51.7 Å². The number of carbonyl (C=O) groups is 2. The molecule has 3 rings (SSSR count). The Labute approximate surface area is 142 Å². The minimum atomic E-state index is -0.316. The summed E-state index contributed by atoms with van der Waals surface area (Å²) in [5.74, 6) is 0.0841. The van der Waals surface area contributed by atoms with Crippen molar-refractivity contribution in [2.24, 2.45) is 0 Å². The summed E-state index contributed by atoms with van der Waals surface area (Å²) in [6, 6.07) is 5.32. The van der Waals surface area contributed by atoms with Crippen LogP contribution in [-0.2, 0) is 9.59 Å². The van der Waals surface area contributed by atoms with Crippen LogP contribution in [0.1, 0.15) is 25.7 Å². The highest BCUT2D eigenvalue weighted by atomic mass is 127. The topological polar surface area (TPSA) is 40.6 Å². The van der Waals surface area contributed by atoms with E-state index in [-0.39, 0.29) is 17.9 Å². The monoisotopic (exact) mass is 418 g/mol. The zero-order chi connectivity index (χ0) is 15.0. The van der Waals surface area contributed by atoms with E-state index in [9.17, 15) is 9.59 Å². The van der Waals surface area contributed by atoms with Crippen molar-refractivity contribution in [2.75, 3.05) is 18.0 Å². The molecule has 1 atom stereocenters. The van der Waals surface area contributed by atoms with Gasteiger partial charge in [-0.3, -0.25) is 9.59 Å². The molecular formula is C15H16ClIN2O2. The van der Waals surface area contributed by atoms with E-state index in [0.29, 0.717) is 30.2 Å². The molecule has 2 amide bonds. The Morgan fingerprint density at radius 3 is 2.76 bits per heavy atom. The van der Waals surface area contributed by atoms with Gasteiger partial charge in [0.1, 0.15) is 6.04 Å². The molecule has 0 aromatic heterocycles. The van der Waals surface area contributed by atoms with E-state index in [0.717, 1.165) is 22.8 Å². The van der Waals surface area contributed by atoms with Crippen molar-refractivity contribution in [1.29, 1.82) is 0 Å². The lowest BCUT2D eigenvalue weighted by molar-refractivity contribution is -0.138. The molecule has 1 aromatic carbocycles. The molecule has 2 fully saturated rings. The lowest BCUT2D eigenvalue weighted by Crippen LogP contribution is -2.49. The van der Waals surface area contributed by atoms with Crippen LogP contribution < -0.4 is 4.90 Å². The summed E-state index contributed by atoms with van der Waals surface area (Å²) in [6.07, 6.45) is 3.10. The van der Waals surface area contributed by atoms with Gasteiger partial charge in [-0.15, -0.1) is 0 Å². The van der Waals surface area contributed by atoms with Gasteiger partial charge >= 0.3 is 0 Å². The van der Waals surface area contributed by atoms with Gasteiger partial charge in [0.25, 0.3) is 0 Å². The summed E-state index contributed by atoms with van der Waals surface area (Å²) in [5.41, 5.74) is 0.710. The zero-order valence-corrected chi connectivity index (χ0v) is 14.4. The summed E-state index contributed by atoms with van der Waals surface area (Å²) < 4.78 is 1.03. The van der Waals surface area contributed by atoms with Gasteiger partial charge in [-0.25, -0.2) is 0 Å². The number of nitrogens with zero attached hydrogens (tertiary/aromatic N) is 2. The van der Waals surface area contributed by atoms with Crippen LogP contribution in [-0.4, -0.2) is 35.8 Å². The second kappa shape index (κ2) is 6.12. The molecule has 0 aliphatic carbocycles. The maximum absolute atomic E-state index is 12.8. The van der Waals surface area contributed by atoms with E-state index in [2.05, 4.69) is 22.6 Å². The van der Waals surface area contributed by atoms with Crippen molar-refractivity contribution in [1.82, 2.24) is 4.90 Å². The normalized spacial score (nSPS) is 23.0. The number of hydrogen-bond acceptors (Lipinski definition) is 2. The quantitative estimate of drug-likeness (QED) is 0.658. The Balaban J connectivity index is 1.95. The summed E-state index contributed by atoms with van der Waals surface area (Å²) in [7, 11) is 0. The molecule has 1 aromatic rings. The fourth-order valence-corrected chi connectivity index (χ4v) is 4.03. The third kappa shape index (κ3) is 2.90. The molecule has 0 spiro atoms. The summed E-state index contributed by atoms with van der Waals surface area (Å²) >= 11 is 8.48. The van der Waals surface area contributed by atoms with Gasteiger partial charge in [-0.05, 0) is 60.1 Å². The first kappa shape index (κ1) is 15.1. The van der Waals surface area contributed by atoms with E-state index < -0.39 is 0 Å². The largest absolute Gasteiger partial charge is 0.331 e. The van der Waals surface area contributed by atoms with Crippen LogP contribution in [0.2, 0.25) is 5.02 Å². The minimum absolute atomic E-state index is 0.00339. The Kier molecular flexibility index (Phi) is 4.40. The summed E-state index contributed by atoms with van der Waals surface area (Å²) in [6.45, 7) is 1.11. The van der Waals surface area contributed by atoms with Crippen LogP contribution in [0.25, 0.3) is 0 Å². The van der Waals surface area contributed by atoms with Crippen LogP contribution in [0.4, 0.5) is 5.69 Å². The lowest BCUT2D eigenvalue weighted by atomic mass is 10.0. The van der Waals surface area contributed by atoms with Gasteiger partial charge in [0.15, 0.2) is 0 Å². The smallest absolute Gasteiger partial charge is 0.249 e. The maximum atomic E-state index is 12.8. The average Bonchev–Trinajstić information content (AvgIpc) is 2.59. The van der Waals surface area contributed by atoms with Gasteiger partial charge < -0.3 is 9.80 Å². The highest BCUT2D eigenvalue weighted by Crippen LogP contribution is 2.31. The van der Waals surface area contributed by atoms with Gasteiger partial charge in [-0.1, -0.05) is 11.6 Å². The second-order valence-corrected chi connectivity index (χ2v) is 7.09. The fourth-order valence-electron chi connectivity index (χ4n) is 3.07. The molecule has 1 unspecified atom stereocenters. The third-order valence-corrected chi connectivity index (χ3v) is 5.10. The number of rotatable bonds is 1. The summed E-state index contributed by atoms with van der Waals surface area (Å²) in [5, 5.41) is 0.562. The van der Waals surface area contributed by atoms with Gasteiger partial charge in [0.2, 0.25) is 11.8 Å². The van der Waals surface area contributed by atoms with Crippen molar-refractivity contribution in [2.45, 2.75) is 31.7 Å². The van der Waals surface area contributed by atoms with Crippen LogP contribution in [0.3, 0.4) is 0 Å². The SMILES string of the molecule is O=C1C2CCCCN2C(=O)CCN1c1ccc(I)cc1Cl. The molecule has 0 bridgehead atoms. The molecular weight excluding hydrogens is 403 g/mol. The second-order valence-electron chi connectivity index (χ2n) is 5.43. The molecule has 112 valence electrons. The number of carbonyl (C=O) groups excluding carboxylic acids is 2. The van der Waals surface area contributed by atoms with Crippen molar-refractivity contribution in [3.63, 3.8) is 0 Å². The van der Waals surface area contributed by atoms with Crippen molar-refractivity contribution in [3.8, 4) is 0 Å². The lowest BCUT2D eigenvalue weighted by Gasteiger charge is -2.34. The van der Waals surface area contributed by atoms with Gasteiger partial charge in [-0.2, -0.15) is 0 Å². The molecule has 6 heteroatoms.